The molecule has 0 aliphatic carbocycles. The first-order valence-electron chi connectivity index (χ1n) is 8.58. The summed E-state index contributed by atoms with van der Waals surface area (Å²) < 4.78 is 0. The molecule has 1 aromatic carbocycles. The molecule has 3 rings (SSSR count). The fourth-order valence-electron chi connectivity index (χ4n) is 3.14. The third-order valence-corrected chi connectivity index (χ3v) is 4.46. The van der Waals surface area contributed by atoms with E-state index in [0.29, 0.717) is 0 Å². The van der Waals surface area contributed by atoms with Crippen molar-refractivity contribution in [1.82, 2.24) is 19.8 Å². The van der Waals surface area contributed by atoms with Gasteiger partial charge in [-0.25, -0.2) is 9.97 Å². The second-order valence-electron chi connectivity index (χ2n) is 6.74. The Morgan fingerprint density at radius 2 is 1.67 bits per heavy atom. The Morgan fingerprint density at radius 1 is 1.04 bits per heavy atom. The van der Waals surface area contributed by atoms with Crippen molar-refractivity contribution in [2.75, 3.05) is 32.7 Å². The van der Waals surface area contributed by atoms with Gasteiger partial charge in [-0.05, 0) is 19.4 Å². The van der Waals surface area contributed by atoms with Crippen molar-refractivity contribution in [1.29, 1.82) is 0 Å². The molecule has 126 valence electrons. The van der Waals surface area contributed by atoms with Crippen LogP contribution in [0.5, 0.6) is 0 Å². The van der Waals surface area contributed by atoms with E-state index in [0.717, 1.165) is 50.7 Å². The predicted octanol–water partition coefficient (Wildman–Crippen LogP) is 3.15. The number of aromatic nitrogens is 2. The van der Waals surface area contributed by atoms with Crippen LogP contribution in [0.1, 0.15) is 18.1 Å². The minimum absolute atomic E-state index is 0.808. The number of hydrogen-bond acceptors (Lipinski definition) is 4. The summed E-state index contributed by atoms with van der Waals surface area (Å²) in [7, 11) is 0. The zero-order valence-corrected chi connectivity index (χ0v) is 14.7. The first-order chi connectivity index (χ1) is 11.6. The molecule has 0 amide bonds. The maximum absolute atomic E-state index is 4.57. The van der Waals surface area contributed by atoms with Crippen molar-refractivity contribution < 1.29 is 0 Å². The summed E-state index contributed by atoms with van der Waals surface area (Å²) in [5.41, 5.74) is 4.74. The highest BCUT2D eigenvalue weighted by molar-refractivity contribution is 5.59. The second kappa shape index (κ2) is 7.69. The molecule has 24 heavy (non-hydrogen) atoms. The van der Waals surface area contributed by atoms with Crippen LogP contribution in [0.4, 0.5) is 0 Å². The van der Waals surface area contributed by atoms with Gasteiger partial charge in [-0.15, -0.1) is 0 Å². The van der Waals surface area contributed by atoms with Gasteiger partial charge < -0.3 is 0 Å². The number of piperazine rings is 1. The van der Waals surface area contributed by atoms with Crippen LogP contribution in [-0.4, -0.2) is 52.5 Å². The molecule has 0 N–H and O–H groups in total. The minimum Gasteiger partial charge on any atom is -0.297 e. The largest absolute Gasteiger partial charge is 0.297 e. The maximum Gasteiger partial charge on any atom is 0.159 e. The van der Waals surface area contributed by atoms with Crippen LogP contribution in [0.3, 0.4) is 0 Å². The zero-order chi connectivity index (χ0) is 16.9. The first kappa shape index (κ1) is 16.8. The molecule has 0 saturated carbocycles. The van der Waals surface area contributed by atoms with Crippen LogP contribution >= 0.6 is 0 Å². The van der Waals surface area contributed by atoms with Crippen molar-refractivity contribution >= 4 is 0 Å². The molecule has 1 fully saturated rings. The van der Waals surface area contributed by atoms with Gasteiger partial charge in [-0.2, -0.15) is 0 Å². The summed E-state index contributed by atoms with van der Waals surface area (Å²) in [4.78, 5) is 14.1. The van der Waals surface area contributed by atoms with Gasteiger partial charge in [-0.3, -0.25) is 9.80 Å². The monoisotopic (exact) mass is 322 g/mol. The van der Waals surface area contributed by atoms with Crippen molar-refractivity contribution in [3.05, 3.63) is 59.9 Å². The lowest BCUT2D eigenvalue weighted by Gasteiger charge is -2.34. The summed E-state index contributed by atoms with van der Waals surface area (Å²) >= 11 is 0. The third-order valence-electron chi connectivity index (χ3n) is 4.46. The molecule has 0 atom stereocenters. The molecular weight excluding hydrogens is 296 g/mol. The molecule has 2 heterocycles. The van der Waals surface area contributed by atoms with Gasteiger partial charge in [0.1, 0.15) is 0 Å². The van der Waals surface area contributed by atoms with Gasteiger partial charge in [-0.1, -0.05) is 36.4 Å². The number of nitrogens with zero attached hydrogens (tertiary/aromatic N) is 4. The lowest BCUT2D eigenvalue weighted by atomic mass is 10.1. The molecule has 1 aromatic heterocycles. The Kier molecular flexibility index (Phi) is 5.38. The number of aryl methyl sites for hydroxylation is 1. The van der Waals surface area contributed by atoms with E-state index in [1.807, 2.05) is 24.5 Å². The molecule has 0 unspecified atom stereocenters. The Hall–Kier alpha value is -2.04. The van der Waals surface area contributed by atoms with E-state index in [9.17, 15) is 0 Å². The zero-order valence-electron chi connectivity index (χ0n) is 14.7. The SMILES string of the molecule is C=C(C)CN1CCN(Cc2cnc(-c3ccccc3C)nc2)CC1. The molecule has 2 aromatic rings. The van der Waals surface area contributed by atoms with Gasteiger partial charge in [0, 0.05) is 62.8 Å². The average Bonchev–Trinajstić information content (AvgIpc) is 2.58. The van der Waals surface area contributed by atoms with E-state index in [4.69, 9.17) is 0 Å². The van der Waals surface area contributed by atoms with Crippen molar-refractivity contribution in [3.63, 3.8) is 0 Å². The Labute approximate surface area is 144 Å². The normalized spacial score (nSPS) is 16.2. The molecule has 0 radical (unpaired) electrons. The molecule has 0 bridgehead atoms. The Morgan fingerprint density at radius 3 is 2.29 bits per heavy atom. The summed E-state index contributed by atoms with van der Waals surface area (Å²) in [6.45, 7) is 14.5. The first-order valence-corrected chi connectivity index (χ1v) is 8.58. The van der Waals surface area contributed by atoms with Crippen LogP contribution in [-0.2, 0) is 6.54 Å². The van der Waals surface area contributed by atoms with Crippen LogP contribution in [0.25, 0.3) is 11.4 Å². The van der Waals surface area contributed by atoms with Gasteiger partial charge in [0.15, 0.2) is 5.82 Å². The highest BCUT2D eigenvalue weighted by atomic mass is 15.3. The van der Waals surface area contributed by atoms with E-state index in [2.05, 4.69) is 52.3 Å². The summed E-state index contributed by atoms with van der Waals surface area (Å²) in [5.74, 6) is 0.808. The highest BCUT2D eigenvalue weighted by Gasteiger charge is 2.17. The van der Waals surface area contributed by atoms with E-state index in [-0.39, 0.29) is 0 Å². The molecule has 0 spiro atoms. The standard InChI is InChI=1S/C20H26N4/c1-16(2)14-23-8-10-24(11-9-23)15-18-12-21-20(22-13-18)19-7-5-4-6-17(19)3/h4-7,12-13H,1,8-11,14-15H2,2-3H3. The van der Waals surface area contributed by atoms with Crippen molar-refractivity contribution in [2.45, 2.75) is 20.4 Å². The average molecular weight is 322 g/mol. The maximum atomic E-state index is 4.57. The quantitative estimate of drug-likeness (QED) is 0.792. The summed E-state index contributed by atoms with van der Waals surface area (Å²) in [5, 5.41) is 0. The van der Waals surface area contributed by atoms with Crippen molar-refractivity contribution in [2.24, 2.45) is 0 Å². The number of hydrogen-bond donors (Lipinski definition) is 0. The van der Waals surface area contributed by atoms with Crippen LogP contribution < -0.4 is 0 Å². The molecule has 4 nitrogen and oxygen atoms in total. The molecule has 1 saturated heterocycles. The van der Waals surface area contributed by atoms with Crippen LogP contribution in [0.15, 0.2) is 48.8 Å². The molecule has 1 aliphatic rings. The Bertz CT molecular complexity index is 685. The molecule has 1 aliphatic heterocycles. The minimum atomic E-state index is 0.808. The van der Waals surface area contributed by atoms with Crippen molar-refractivity contribution in [3.8, 4) is 11.4 Å². The number of rotatable bonds is 5. The lowest BCUT2D eigenvalue weighted by molar-refractivity contribution is 0.135. The topological polar surface area (TPSA) is 32.3 Å². The predicted molar refractivity (Wildman–Crippen MR) is 98.7 cm³/mol. The fourth-order valence-corrected chi connectivity index (χ4v) is 3.14. The van der Waals surface area contributed by atoms with Gasteiger partial charge in [0.25, 0.3) is 0 Å². The molecule has 4 heteroatoms. The smallest absolute Gasteiger partial charge is 0.159 e. The van der Waals surface area contributed by atoms with E-state index in [1.54, 1.807) is 0 Å². The van der Waals surface area contributed by atoms with Crippen LogP contribution in [0, 0.1) is 6.92 Å². The molecular formula is C20H26N4. The Balaban J connectivity index is 1.58. The highest BCUT2D eigenvalue weighted by Crippen LogP contribution is 2.19. The lowest BCUT2D eigenvalue weighted by Crippen LogP contribution is -2.46. The summed E-state index contributed by atoms with van der Waals surface area (Å²) in [6.07, 6.45) is 3.93. The van der Waals surface area contributed by atoms with Gasteiger partial charge in [0.05, 0.1) is 0 Å². The fraction of sp³-hybridized carbons (Fsp3) is 0.400. The van der Waals surface area contributed by atoms with E-state index < -0.39 is 0 Å². The summed E-state index contributed by atoms with van der Waals surface area (Å²) in [6, 6.07) is 8.24. The van der Waals surface area contributed by atoms with Crippen LogP contribution in [0.2, 0.25) is 0 Å². The second-order valence-corrected chi connectivity index (χ2v) is 6.74. The van der Waals surface area contributed by atoms with Gasteiger partial charge >= 0.3 is 0 Å². The third kappa shape index (κ3) is 4.28. The van der Waals surface area contributed by atoms with E-state index in [1.165, 1.54) is 16.7 Å². The van der Waals surface area contributed by atoms with Gasteiger partial charge in [0.2, 0.25) is 0 Å². The number of benzene rings is 1. The van der Waals surface area contributed by atoms with E-state index >= 15 is 0 Å².